The van der Waals surface area contributed by atoms with Gasteiger partial charge in [-0.3, -0.25) is 0 Å². The van der Waals surface area contributed by atoms with E-state index in [0.717, 1.165) is 42.7 Å². The number of imidazole rings is 1. The summed E-state index contributed by atoms with van der Waals surface area (Å²) in [6.07, 6.45) is 7.99. The Labute approximate surface area is 128 Å². The van der Waals surface area contributed by atoms with Gasteiger partial charge in [-0.15, -0.1) is 0 Å². The first-order valence-electron chi connectivity index (χ1n) is 6.78. The SMILES string of the molecule is COc1ccc(Br)c(CNCCCCn2ccnc2)c1. The molecule has 0 aliphatic heterocycles. The Kier molecular flexibility index (Phi) is 6.08. The first-order chi connectivity index (χ1) is 9.79. The van der Waals surface area contributed by atoms with E-state index in [2.05, 4.69) is 36.9 Å². The smallest absolute Gasteiger partial charge is 0.119 e. The first-order valence-corrected chi connectivity index (χ1v) is 7.58. The standard InChI is InChI=1S/C15H20BrN3O/c1-20-14-4-5-15(16)13(10-14)11-17-6-2-3-8-19-9-7-18-12-19/h4-5,7,9-10,12,17H,2-3,6,8,11H2,1H3. The summed E-state index contributed by atoms with van der Waals surface area (Å²) in [6, 6.07) is 6.04. The van der Waals surface area contributed by atoms with Gasteiger partial charge in [-0.2, -0.15) is 0 Å². The number of ether oxygens (including phenoxy) is 1. The zero-order valence-corrected chi connectivity index (χ0v) is 13.3. The summed E-state index contributed by atoms with van der Waals surface area (Å²) in [7, 11) is 1.69. The van der Waals surface area contributed by atoms with Crippen LogP contribution in [0.5, 0.6) is 5.75 Å². The molecule has 1 heterocycles. The lowest BCUT2D eigenvalue weighted by Gasteiger charge is -2.09. The summed E-state index contributed by atoms with van der Waals surface area (Å²) in [6.45, 7) is 2.89. The number of nitrogens with one attached hydrogen (secondary N) is 1. The van der Waals surface area contributed by atoms with Gasteiger partial charge in [-0.1, -0.05) is 15.9 Å². The van der Waals surface area contributed by atoms with Gasteiger partial charge >= 0.3 is 0 Å². The van der Waals surface area contributed by atoms with Crippen LogP contribution in [0.3, 0.4) is 0 Å². The van der Waals surface area contributed by atoms with Crippen LogP contribution in [0, 0.1) is 0 Å². The Hall–Kier alpha value is -1.33. The maximum atomic E-state index is 5.24. The number of unbranched alkanes of at least 4 members (excludes halogenated alkanes) is 1. The van der Waals surface area contributed by atoms with E-state index in [-0.39, 0.29) is 0 Å². The molecule has 2 aromatic rings. The second-order valence-electron chi connectivity index (χ2n) is 4.64. The zero-order chi connectivity index (χ0) is 14.2. The number of benzene rings is 1. The maximum Gasteiger partial charge on any atom is 0.119 e. The van der Waals surface area contributed by atoms with E-state index in [1.165, 1.54) is 5.56 Å². The van der Waals surface area contributed by atoms with Crippen LogP contribution in [0.2, 0.25) is 0 Å². The van der Waals surface area contributed by atoms with Crippen molar-refractivity contribution in [1.82, 2.24) is 14.9 Å². The number of methoxy groups -OCH3 is 1. The Morgan fingerprint density at radius 3 is 3.00 bits per heavy atom. The van der Waals surface area contributed by atoms with Crippen molar-refractivity contribution in [2.24, 2.45) is 0 Å². The van der Waals surface area contributed by atoms with Crippen molar-refractivity contribution in [3.8, 4) is 5.75 Å². The quantitative estimate of drug-likeness (QED) is 0.751. The van der Waals surface area contributed by atoms with Gasteiger partial charge in [0.05, 0.1) is 13.4 Å². The summed E-state index contributed by atoms with van der Waals surface area (Å²) in [5.74, 6) is 0.894. The van der Waals surface area contributed by atoms with E-state index in [0.29, 0.717) is 0 Å². The lowest BCUT2D eigenvalue weighted by Crippen LogP contribution is -2.15. The van der Waals surface area contributed by atoms with Crippen molar-refractivity contribution in [1.29, 1.82) is 0 Å². The molecule has 0 saturated heterocycles. The highest BCUT2D eigenvalue weighted by molar-refractivity contribution is 9.10. The fourth-order valence-electron chi connectivity index (χ4n) is 2.00. The number of aryl methyl sites for hydroxylation is 1. The van der Waals surface area contributed by atoms with E-state index >= 15 is 0 Å². The summed E-state index contributed by atoms with van der Waals surface area (Å²) in [5.41, 5.74) is 1.22. The van der Waals surface area contributed by atoms with E-state index in [1.807, 2.05) is 30.9 Å². The molecule has 0 atom stereocenters. The molecule has 0 aliphatic rings. The average Bonchev–Trinajstić information content (AvgIpc) is 2.97. The summed E-state index contributed by atoms with van der Waals surface area (Å²) >= 11 is 3.56. The molecule has 0 spiro atoms. The molecule has 0 amide bonds. The molecule has 1 aromatic carbocycles. The highest BCUT2D eigenvalue weighted by Gasteiger charge is 2.01. The normalized spacial score (nSPS) is 10.7. The van der Waals surface area contributed by atoms with Gasteiger partial charge in [0, 0.05) is 30.0 Å². The number of hydrogen-bond donors (Lipinski definition) is 1. The molecule has 1 aromatic heterocycles. The third-order valence-electron chi connectivity index (χ3n) is 3.15. The Bertz CT molecular complexity index is 514. The Morgan fingerprint density at radius 1 is 1.35 bits per heavy atom. The largest absolute Gasteiger partial charge is 0.497 e. The minimum Gasteiger partial charge on any atom is -0.497 e. The second kappa shape index (κ2) is 8.07. The topological polar surface area (TPSA) is 39.1 Å². The van der Waals surface area contributed by atoms with Gasteiger partial charge in [-0.05, 0) is 43.1 Å². The molecule has 0 fully saturated rings. The molecule has 108 valence electrons. The highest BCUT2D eigenvalue weighted by Crippen LogP contribution is 2.22. The van der Waals surface area contributed by atoms with Crippen molar-refractivity contribution in [2.75, 3.05) is 13.7 Å². The number of nitrogens with zero attached hydrogens (tertiary/aromatic N) is 2. The van der Waals surface area contributed by atoms with Gasteiger partial charge < -0.3 is 14.6 Å². The van der Waals surface area contributed by atoms with Crippen molar-refractivity contribution in [3.05, 3.63) is 47.0 Å². The Morgan fingerprint density at radius 2 is 2.25 bits per heavy atom. The van der Waals surface area contributed by atoms with Crippen LogP contribution < -0.4 is 10.1 Å². The van der Waals surface area contributed by atoms with Gasteiger partial charge in [0.2, 0.25) is 0 Å². The van der Waals surface area contributed by atoms with Crippen molar-refractivity contribution in [3.63, 3.8) is 0 Å². The van der Waals surface area contributed by atoms with Crippen LogP contribution in [0.25, 0.3) is 0 Å². The van der Waals surface area contributed by atoms with Gasteiger partial charge in [0.1, 0.15) is 5.75 Å². The predicted octanol–water partition coefficient (Wildman–Crippen LogP) is 3.22. The number of rotatable bonds is 8. The lowest BCUT2D eigenvalue weighted by molar-refractivity contribution is 0.414. The molecule has 1 N–H and O–H groups in total. The maximum absolute atomic E-state index is 5.24. The first kappa shape index (κ1) is 15.1. The van der Waals surface area contributed by atoms with Gasteiger partial charge in [0.25, 0.3) is 0 Å². The van der Waals surface area contributed by atoms with Gasteiger partial charge in [-0.25, -0.2) is 4.98 Å². The summed E-state index contributed by atoms with van der Waals surface area (Å²) in [4.78, 5) is 4.03. The molecule has 0 radical (unpaired) electrons. The summed E-state index contributed by atoms with van der Waals surface area (Å²) < 4.78 is 8.46. The van der Waals surface area contributed by atoms with Crippen molar-refractivity contribution >= 4 is 15.9 Å². The molecule has 0 bridgehead atoms. The zero-order valence-electron chi connectivity index (χ0n) is 11.7. The van der Waals surface area contributed by atoms with Crippen LogP contribution in [-0.2, 0) is 13.1 Å². The second-order valence-corrected chi connectivity index (χ2v) is 5.50. The fraction of sp³-hybridized carbons (Fsp3) is 0.400. The molecule has 0 saturated carbocycles. The van der Waals surface area contributed by atoms with E-state index in [1.54, 1.807) is 7.11 Å². The summed E-state index contributed by atoms with van der Waals surface area (Å²) in [5, 5.41) is 3.46. The number of halogens is 1. The lowest BCUT2D eigenvalue weighted by atomic mass is 10.2. The van der Waals surface area contributed by atoms with Crippen LogP contribution in [0.1, 0.15) is 18.4 Å². The monoisotopic (exact) mass is 337 g/mol. The molecule has 20 heavy (non-hydrogen) atoms. The molecule has 0 aliphatic carbocycles. The molecule has 0 unspecified atom stereocenters. The third kappa shape index (κ3) is 4.65. The minimum absolute atomic E-state index is 0.850. The molecular weight excluding hydrogens is 318 g/mol. The fourth-order valence-corrected chi connectivity index (χ4v) is 2.39. The van der Waals surface area contributed by atoms with E-state index < -0.39 is 0 Å². The molecule has 2 rings (SSSR count). The molecular formula is C15H20BrN3O. The average molecular weight is 338 g/mol. The Balaban J connectivity index is 1.65. The highest BCUT2D eigenvalue weighted by atomic mass is 79.9. The number of hydrogen-bond acceptors (Lipinski definition) is 3. The van der Waals surface area contributed by atoms with Crippen LogP contribution in [0.4, 0.5) is 0 Å². The van der Waals surface area contributed by atoms with Crippen LogP contribution >= 0.6 is 15.9 Å². The molecule has 4 nitrogen and oxygen atoms in total. The van der Waals surface area contributed by atoms with Crippen LogP contribution in [0.15, 0.2) is 41.4 Å². The van der Waals surface area contributed by atoms with Crippen LogP contribution in [-0.4, -0.2) is 23.2 Å². The number of aromatic nitrogens is 2. The third-order valence-corrected chi connectivity index (χ3v) is 3.92. The van der Waals surface area contributed by atoms with E-state index in [9.17, 15) is 0 Å². The minimum atomic E-state index is 0.850. The van der Waals surface area contributed by atoms with Gasteiger partial charge in [0.15, 0.2) is 0 Å². The molecule has 5 heteroatoms. The van der Waals surface area contributed by atoms with Crippen molar-refractivity contribution in [2.45, 2.75) is 25.9 Å². The predicted molar refractivity (Wildman–Crippen MR) is 83.9 cm³/mol. The van der Waals surface area contributed by atoms with Crippen molar-refractivity contribution < 1.29 is 4.74 Å². The van der Waals surface area contributed by atoms with E-state index in [4.69, 9.17) is 4.74 Å².